The Balaban J connectivity index is 2.84. The number of nitrogens with one attached hydrogen (secondary N) is 2. The molecule has 16 heavy (non-hydrogen) atoms. The Morgan fingerprint density at radius 2 is 2.31 bits per heavy atom. The predicted molar refractivity (Wildman–Crippen MR) is 68.6 cm³/mol. The maximum absolute atomic E-state index is 5.94. The van der Waals surface area contributed by atoms with E-state index in [0.29, 0.717) is 23.9 Å². The fourth-order valence-electron chi connectivity index (χ4n) is 1.03. The van der Waals surface area contributed by atoms with E-state index in [-0.39, 0.29) is 10.3 Å². The van der Waals surface area contributed by atoms with Crippen LogP contribution in [0.4, 0.5) is 0 Å². The lowest BCUT2D eigenvalue weighted by atomic mass is 10.4. The number of nitrogens with two attached hydrogens (primary N) is 1. The number of allylic oxidation sites excluding steroid dienone is 2. The highest BCUT2D eigenvalue weighted by atomic mass is 35.5. The topological polar surface area (TPSA) is 74.8 Å². The molecule has 1 rings (SSSR count). The summed E-state index contributed by atoms with van der Waals surface area (Å²) in [5, 5.41) is 6.05. The van der Waals surface area contributed by atoms with E-state index in [1.165, 1.54) is 0 Å². The first-order valence-corrected chi connectivity index (χ1v) is 5.37. The van der Waals surface area contributed by atoms with Crippen LogP contribution in [-0.2, 0) is 0 Å². The molecule has 0 aromatic rings. The van der Waals surface area contributed by atoms with Crippen LogP contribution < -0.4 is 16.4 Å². The van der Waals surface area contributed by atoms with E-state index in [4.69, 9.17) is 28.9 Å². The molecule has 0 unspecified atom stereocenters. The Kier molecular flexibility index (Phi) is 4.64. The third-order valence-electron chi connectivity index (χ3n) is 1.65. The third kappa shape index (κ3) is 3.75. The normalized spacial score (nSPS) is 17.4. The summed E-state index contributed by atoms with van der Waals surface area (Å²) >= 11 is 11.7. The summed E-state index contributed by atoms with van der Waals surface area (Å²) in [6.45, 7) is 6.81. The van der Waals surface area contributed by atoms with Crippen LogP contribution in [0.25, 0.3) is 0 Å². The molecule has 0 bridgehead atoms. The van der Waals surface area contributed by atoms with Gasteiger partial charge in [-0.15, -0.1) is 0 Å². The molecule has 1 heterocycles. The lowest BCUT2D eigenvalue weighted by Crippen LogP contribution is -2.35. The maximum atomic E-state index is 5.94. The summed E-state index contributed by atoms with van der Waals surface area (Å²) < 4.78 is 0. The van der Waals surface area contributed by atoms with E-state index in [1.54, 1.807) is 6.92 Å². The molecule has 0 spiro atoms. The Morgan fingerprint density at radius 3 is 2.75 bits per heavy atom. The molecule has 0 aromatic carbocycles. The maximum Gasteiger partial charge on any atom is 0.196 e. The first-order chi connectivity index (χ1) is 7.50. The number of guanidine groups is 1. The van der Waals surface area contributed by atoms with Gasteiger partial charge in [0.2, 0.25) is 0 Å². The largest absolute Gasteiger partial charge is 0.388 e. The van der Waals surface area contributed by atoms with Gasteiger partial charge in [0.1, 0.15) is 10.9 Å². The van der Waals surface area contributed by atoms with E-state index in [1.807, 2.05) is 0 Å². The molecule has 0 saturated carbocycles. The van der Waals surface area contributed by atoms with E-state index < -0.39 is 0 Å². The van der Waals surface area contributed by atoms with Crippen molar-refractivity contribution >= 4 is 34.3 Å². The quantitative estimate of drug-likeness (QED) is 0.526. The number of halogens is 2. The van der Waals surface area contributed by atoms with Gasteiger partial charge in [-0.25, -0.2) is 4.99 Å². The molecule has 0 radical (unpaired) electrons. The molecule has 1 aliphatic rings. The van der Waals surface area contributed by atoms with Crippen LogP contribution in [0.3, 0.4) is 0 Å². The fourth-order valence-corrected chi connectivity index (χ4v) is 1.51. The number of nitrogens with zero attached hydrogens (tertiary/aromatic N) is 2. The standard InChI is InChI=1S/C9H13Cl2N5/c1-5(2)15-8(11)6(7(10)12)16-9-13-3-4-14-9/h1,3-4,12H2,2H3,(H2,13,14,16)/b7-6+,15-8+. The Morgan fingerprint density at radius 1 is 1.62 bits per heavy atom. The summed E-state index contributed by atoms with van der Waals surface area (Å²) in [4.78, 5) is 8.09. The smallest absolute Gasteiger partial charge is 0.196 e. The van der Waals surface area contributed by atoms with Gasteiger partial charge in [-0.2, -0.15) is 0 Å². The van der Waals surface area contributed by atoms with Gasteiger partial charge in [-0.05, 0) is 6.92 Å². The Hall–Kier alpha value is -1.20. The molecule has 1 aliphatic heterocycles. The minimum Gasteiger partial charge on any atom is -0.388 e. The summed E-state index contributed by atoms with van der Waals surface area (Å²) in [5.41, 5.74) is 6.37. The van der Waals surface area contributed by atoms with Crippen molar-refractivity contribution in [3.8, 4) is 0 Å². The van der Waals surface area contributed by atoms with Gasteiger partial charge in [0.25, 0.3) is 0 Å². The molecule has 88 valence electrons. The molecule has 0 fully saturated rings. The SMILES string of the molecule is C=C(C)/N=C(Cl)\C(NC1=NCCN1)=C(/N)Cl. The molecule has 0 saturated heterocycles. The second-order valence-corrected chi connectivity index (χ2v) is 3.91. The fraction of sp³-hybridized carbons (Fsp3) is 0.333. The molecule has 4 N–H and O–H groups in total. The van der Waals surface area contributed by atoms with E-state index >= 15 is 0 Å². The highest BCUT2D eigenvalue weighted by Crippen LogP contribution is 2.09. The number of aliphatic imine (C=N–C) groups is 2. The van der Waals surface area contributed by atoms with Crippen molar-refractivity contribution in [2.24, 2.45) is 15.7 Å². The highest BCUT2D eigenvalue weighted by Gasteiger charge is 2.13. The van der Waals surface area contributed by atoms with E-state index in [2.05, 4.69) is 27.2 Å². The molecule has 7 heteroatoms. The molecule has 0 amide bonds. The zero-order valence-electron chi connectivity index (χ0n) is 8.85. The van der Waals surface area contributed by atoms with Crippen LogP contribution in [-0.4, -0.2) is 24.2 Å². The average Bonchev–Trinajstić information content (AvgIpc) is 2.64. The van der Waals surface area contributed by atoms with Gasteiger partial charge in [0, 0.05) is 12.2 Å². The average molecular weight is 262 g/mol. The molecule has 0 aromatic heterocycles. The lowest BCUT2D eigenvalue weighted by molar-refractivity contribution is 0.944. The summed E-state index contributed by atoms with van der Waals surface area (Å²) in [7, 11) is 0. The van der Waals surface area contributed by atoms with Crippen molar-refractivity contribution in [3.63, 3.8) is 0 Å². The monoisotopic (exact) mass is 261 g/mol. The minimum absolute atomic E-state index is 0.0198. The van der Waals surface area contributed by atoms with Gasteiger partial charge in [0.15, 0.2) is 11.1 Å². The van der Waals surface area contributed by atoms with E-state index in [0.717, 1.165) is 6.54 Å². The number of rotatable bonds is 3. The van der Waals surface area contributed by atoms with Gasteiger partial charge >= 0.3 is 0 Å². The van der Waals surface area contributed by atoms with Crippen LogP contribution in [0, 0.1) is 0 Å². The van der Waals surface area contributed by atoms with Crippen molar-refractivity contribution in [1.82, 2.24) is 10.6 Å². The van der Waals surface area contributed by atoms with E-state index in [9.17, 15) is 0 Å². The van der Waals surface area contributed by atoms with Crippen LogP contribution in [0.15, 0.2) is 33.1 Å². The summed E-state index contributed by atoms with van der Waals surface area (Å²) in [5.74, 6) is 0.577. The Labute approximate surface area is 104 Å². The van der Waals surface area contributed by atoms with Crippen molar-refractivity contribution in [1.29, 1.82) is 0 Å². The minimum atomic E-state index is 0.0198. The van der Waals surface area contributed by atoms with Crippen LogP contribution in [0.2, 0.25) is 0 Å². The molecular formula is C9H13Cl2N5. The zero-order chi connectivity index (χ0) is 12.1. The van der Waals surface area contributed by atoms with Crippen LogP contribution in [0.5, 0.6) is 0 Å². The second kappa shape index (κ2) is 5.77. The van der Waals surface area contributed by atoms with Crippen LogP contribution >= 0.6 is 23.2 Å². The number of hydrogen-bond acceptors (Lipinski definition) is 5. The van der Waals surface area contributed by atoms with Gasteiger partial charge in [-0.3, -0.25) is 4.99 Å². The molecular weight excluding hydrogens is 249 g/mol. The third-order valence-corrected chi connectivity index (χ3v) is 2.11. The lowest BCUT2D eigenvalue weighted by Gasteiger charge is -2.10. The summed E-state index contributed by atoms with van der Waals surface area (Å²) in [6.07, 6.45) is 0. The first-order valence-electron chi connectivity index (χ1n) is 4.61. The van der Waals surface area contributed by atoms with Gasteiger partial charge in [-0.1, -0.05) is 29.8 Å². The molecule has 0 atom stereocenters. The molecule has 5 nitrogen and oxygen atoms in total. The second-order valence-electron chi connectivity index (χ2n) is 3.14. The van der Waals surface area contributed by atoms with Crippen molar-refractivity contribution in [2.75, 3.05) is 13.1 Å². The Bertz CT molecular complexity index is 379. The molecule has 0 aliphatic carbocycles. The van der Waals surface area contributed by atoms with Crippen molar-refractivity contribution < 1.29 is 0 Å². The van der Waals surface area contributed by atoms with Crippen molar-refractivity contribution in [2.45, 2.75) is 6.92 Å². The number of hydrogen-bond donors (Lipinski definition) is 3. The summed E-state index contributed by atoms with van der Waals surface area (Å²) in [6, 6.07) is 0. The highest BCUT2D eigenvalue weighted by molar-refractivity contribution is 6.70. The first kappa shape index (κ1) is 12.9. The van der Waals surface area contributed by atoms with Crippen molar-refractivity contribution in [3.05, 3.63) is 23.1 Å². The van der Waals surface area contributed by atoms with Gasteiger partial charge < -0.3 is 16.4 Å². The van der Waals surface area contributed by atoms with Gasteiger partial charge in [0.05, 0.1) is 6.54 Å². The zero-order valence-corrected chi connectivity index (χ0v) is 10.4. The predicted octanol–water partition coefficient (Wildman–Crippen LogP) is 1.07. The van der Waals surface area contributed by atoms with Crippen LogP contribution in [0.1, 0.15) is 6.92 Å².